The van der Waals surface area contributed by atoms with E-state index in [2.05, 4.69) is 15.4 Å². The van der Waals surface area contributed by atoms with Crippen LogP contribution in [0.15, 0.2) is 60.9 Å². The smallest absolute Gasteiger partial charge is 0.433 e. The van der Waals surface area contributed by atoms with Crippen molar-refractivity contribution in [1.29, 1.82) is 0 Å². The molecule has 2 heterocycles. The first-order valence-electron chi connectivity index (χ1n) is 9.69. The fourth-order valence-corrected chi connectivity index (χ4v) is 3.22. The summed E-state index contributed by atoms with van der Waals surface area (Å²) in [5.74, 6) is -1.05. The van der Waals surface area contributed by atoms with Crippen molar-refractivity contribution >= 4 is 12.1 Å². The van der Waals surface area contributed by atoms with Gasteiger partial charge in [0, 0.05) is 11.1 Å². The summed E-state index contributed by atoms with van der Waals surface area (Å²) >= 11 is 0. The first-order valence-corrected chi connectivity index (χ1v) is 9.69. The van der Waals surface area contributed by atoms with Gasteiger partial charge in [-0.2, -0.15) is 27.9 Å². The summed E-state index contributed by atoms with van der Waals surface area (Å²) in [6, 6.07) is 12.5. The first kappa shape index (κ1) is 24.1. The number of hydrogen-bond donors (Lipinski definition) is 1. The normalized spacial score (nSPS) is 10.8. The van der Waals surface area contributed by atoms with Crippen molar-refractivity contribution in [1.82, 2.24) is 24.8 Å². The highest BCUT2D eigenvalue weighted by Crippen LogP contribution is 2.34. The highest BCUT2D eigenvalue weighted by molar-refractivity contribution is 5.89. The topological polar surface area (TPSA) is 120 Å². The van der Waals surface area contributed by atoms with Gasteiger partial charge in [0.15, 0.2) is 5.69 Å². The van der Waals surface area contributed by atoms with Crippen LogP contribution in [0.25, 0.3) is 22.6 Å². The van der Waals surface area contributed by atoms with Crippen LogP contribution < -0.4 is 0 Å². The van der Waals surface area contributed by atoms with Crippen LogP contribution in [0, 0.1) is 0 Å². The lowest BCUT2D eigenvalue weighted by Gasteiger charge is -2.12. The predicted octanol–water partition coefficient (Wildman–Crippen LogP) is 3.82. The summed E-state index contributed by atoms with van der Waals surface area (Å²) in [4.78, 5) is 27.4. The van der Waals surface area contributed by atoms with Crippen molar-refractivity contribution in [2.75, 3.05) is 0 Å². The zero-order valence-corrected chi connectivity index (χ0v) is 17.5. The summed E-state index contributed by atoms with van der Waals surface area (Å²) in [6.07, 6.45) is -1.21. The third-order valence-corrected chi connectivity index (χ3v) is 4.75. The Hall–Kier alpha value is -4.57. The molecule has 0 bridgehead atoms. The molecule has 0 radical (unpaired) electrons. The predicted molar refractivity (Wildman–Crippen MR) is 110 cm³/mol. The summed E-state index contributed by atoms with van der Waals surface area (Å²) < 4.78 is 42.8. The Morgan fingerprint density at radius 3 is 2.32 bits per heavy atom. The number of rotatable bonds is 5. The second-order valence-corrected chi connectivity index (χ2v) is 6.82. The lowest BCUT2D eigenvalue weighted by Crippen LogP contribution is -2.15. The number of alkyl halides is 3. The van der Waals surface area contributed by atoms with Crippen molar-refractivity contribution in [2.24, 2.45) is 0 Å². The van der Waals surface area contributed by atoms with Crippen molar-refractivity contribution < 1.29 is 32.7 Å². The zero-order chi connectivity index (χ0) is 24.9. The number of carbonyl (C=O) groups excluding carboxylic acids is 2. The van der Waals surface area contributed by atoms with E-state index in [1.165, 1.54) is 35.1 Å². The number of aryl methyl sites for hydroxylation is 1. The standard InChI is InChI=1S/C21H16F3N5O2.CO2/c1-2-13-11-25-29(19(13)21(22,23)24)17-8-6-16(7-9-17)28-12-18(26-27-28)14-4-3-5-15(10-14)20(30)31;2-1-3/h3-12H,2H2,1H3,(H,30,31);. The minimum atomic E-state index is -4.52. The molecule has 12 heteroatoms. The molecule has 0 amide bonds. The van der Waals surface area contributed by atoms with E-state index in [4.69, 9.17) is 14.7 Å². The van der Waals surface area contributed by atoms with Gasteiger partial charge in [-0.1, -0.05) is 24.3 Å². The fourth-order valence-electron chi connectivity index (χ4n) is 3.22. The molecule has 0 saturated carbocycles. The van der Waals surface area contributed by atoms with E-state index < -0.39 is 17.8 Å². The average molecular weight is 471 g/mol. The Morgan fingerprint density at radius 2 is 1.74 bits per heavy atom. The van der Waals surface area contributed by atoms with Gasteiger partial charge >= 0.3 is 18.3 Å². The second-order valence-electron chi connectivity index (χ2n) is 6.82. The molecule has 34 heavy (non-hydrogen) atoms. The first-order chi connectivity index (χ1) is 16.2. The van der Waals surface area contributed by atoms with Crippen molar-refractivity contribution in [2.45, 2.75) is 19.5 Å². The Morgan fingerprint density at radius 1 is 1.09 bits per heavy atom. The van der Waals surface area contributed by atoms with E-state index in [0.717, 1.165) is 4.68 Å². The summed E-state index contributed by atoms with van der Waals surface area (Å²) in [6.45, 7) is 1.65. The van der Waals surface area contributed by atoms with Gasteiger partial charge in [-0.15, -0.1) is 5.10 Å². The number of carboxylic acids is 1. The molecule has 4 aromatic rings. The number of nitrogens with zero attached hydrogens (tertiary/aromatic N) is 5. The Kier molecular flexibility index (Phi) is 7.03. The zero-order valence-electron chi connectivity index (χ0n) is 17.5. The molecular formula is C22H16F3N5O4. The maximum atomic E-state index is 13.5. The number of halogens is 3. The highest BCUT2D eigenvalue weighted by atomic mass is 19.4. The molecule has 174 valence electrons. The van der Waals surface area contributed by atoms with Gasteiger partial charge in [0.1, 0.15) is 5.69 Å². The van der Waals surface area contributed by atoms with E-state index in [1.807, 2.05) is 0 Å². The van der Waals surface area contributed by atoms with Crippen LogP contribution in [0.5, 0.6) is 0 Å². The molecule has 2 aromatic carbocycles. The number of aromatic carboxylic acids is 1. The average Bonchev–Trinajstić information content (AvgIpc) is 3.47. The van der Waals surface area contributed by atoms with Gasteiger partial charge in [-0.05, 0) is 42.8 Å². The molecule has 0 saturated heterocycles. The van der Waals surface area contributed by atoms with Gasteiger partial charge in [-0.3, -0.25) is 0 Å². The maximum absolute atomic E-state index is 13.5. The van der Waals surface area contributed by atoms with Gasteiger partial charge in [-0.25, -0.2) is 14.2 Å². The minimum absolute atomic E-state index is 0.126. The molecule has 2 aromatic heterocycles. The summed E-state index contributed by atoms with van der Waals surface area (Å²) in [5.41, 5.74) is 1.36. The van der Waals surface area contributed by atoms with Crippen molar-refractivity contribution in [3.05, 3.63) is 77.7 Å². The van der Waals surface area contributed by atoms with E-state index in [1.54, 1.807) is 37.4 Å². The van der Waals surface area contributed by atoms with Gasteiger partial charge in [0.25, 0.3) is 0 Å². The minimum Gasteiger partial charge on any atom is -0.478 e. The molecule has 0 aliphatic rings. The molecule has 4 rings (SSSR count). The maximum Gasteiger partial charge on any atom is 0.433 e. The molecule has 1 N–H and O–H groups in total. The van der Waals surface area contributed by atoms with Crippen LogP contribution in [0.2, 0.25) is 0 Å². The van der Waals surface area contributed by atoms with Crippen molar-refractivity contribution in [3.8, 4) is 22.6 Å². The number of benzene rings is 2. The lowest BCUT2D eigenvalue weighted by atomic mass is 10.1. The van der Waals surface area contributed by atoms with Crippen LogP contribution in [0.3, 0.4) is 0 Å². The van der Waals surface area contributed by atoms with Crippen molar-refractivity contribution in [3.63, 3.8) is 0 Å². The largest absolute Gasteiger partial charge is 0.478 e. The number of carbonyl (C=O) groups is 1. The summed E-state index contributed by atoms with van der Waals surface area (Å²) in [7, 11) is 0. The molecule has 0 spiro atoms. The van der Waals surface area contributed by atoms with Gasteiger partial charge < -0.3 is 5.11 Å². The van der Waals surface area contributed by atoms with Crippen LogP contribution in [0.1, 0.15) is 28.5 Å². The molecule has 0 atom stereocenters. The van der Waals surface area contributed by atoms with Crippen LogP contribution in [-0.2, 0) is 22.2 Å². The monoisotopic (exact) mass is 471 g/mol. The molecule has 9 nitrogen and oxygen atoms in total. The van der Waals surface area contributed by atoms with Gasteiger partial charge in [0.05, 0.1) is 29.3 Å². The molecule has 0 fully saturated rings. The van der Waals surface area contributed by atoms with E-state index in [0.29, 0.717) is 16.9 Å². The van der Waals surface area contributed by atoms with Crippen LogP contribution in [0.4, 0.5) is 13.2 Å². The Bertz CT molecular complexity index is 1340. The third-order valence-electron chi connectivity index (χ3n) is 4.75. The van der Waals surface area contributed by atoms with E-state index in [-0.39, 0.29) is 29.4 Å². The summed E-state index contributed by atoms with van der Waals surface area (Å²) in [5, 5.41) is 21.1. The van der Waals surface area contributed by atoms with E-state index >= 15 is 0 Å². The number of aromatic nitrogens is 5. The Balaban J connectivity index is 0.00000103. The molecule has 0 aliphatic carbocycles. The number of carboxylic acid groups (broad SMARTS) is 1. The highest BCUT2D eigenvalue weighted by Gasteiger charge is 2.38. The number of hydrogen-bond acceptors (Lipinski definition) is 6. The SMILES string of the molecule is CCc1cnn(-c2ccc(-n3cc(-c4cccc(C(=O)O)c4)nn3)cc2)c1C(F)(F)F.O=C=O. The fraction of sp³-hybridized carbons (Fsp3) is 0.136. The quantitative estimate of drug-likeness (QED) is 0.470. The molecule has 0 aliphatic heterocycles. The second kappa shape index (κ2) is 9.92. The lowest BCUT2D eigenvalue weighted by molar-refractivity contribution is -0.191. The van der Waals surface area contributed by atoms with E-state index in [9.17, 15) is 18.0 Å². The third kappa shape index (κ3) is 5.08. The Labute approximate surface area is 190 Å². The van der Waals surface area contributed by atoms with Crippen LogP contribution >= 0.6 is 0 Å². The molecule has 0 unspecified atom stereocenters. The molecular weight excluding hydrogens is 455 g/mol. The van der Waals surface area contributed by atoms with Gasteiger partial charge in [0.2, 0.25) is 0 Å². The van der Waals surface area contributed by atoms with Crippen LogP contribution in [-0.4, -0.2) is 42.0 Å².